The number of ether oxygens (including phenoxy) is 1. The molecule has 0 bridgehead atoms. The van der Waals surface area contributed by atoms with Crippen LogP contribution in [-0.4, -0.2) is 30.0 Å². The standard InChI is InChI=1S/C40H48N6O/c1-27(2)23-39(5,6)25-29-17-19-37(35(21-29)45-41-31-13-9-10-14-32(31)42-45)47-38-20-18-30(26-40(7,8)24-28(3)4)22-36(38)46-43-33-15-11-12-16-34(33)44-46/h9-22,27-28H,23-26H2,1-8H3. The summed E-state index contributed by atoms with van der Waals surface area (Å²) >= 11 is 0. The van der Waals surface area contributed by atoms with Crippen LogP contribution in [0.3, 0.4) is 0 Å². The van der Waals surface area contributed by atoms with E-state index < -0.39 is 0 Å². The monoisotopic (exact) mass is 628 g/mol. The maximum absolute atomic E-state index is 6.84. The van der Waals surface area contributed by atoms with Gasteiger partial charge in [-0.2, -0.15) is 0 Å². The van der Waals surface area contributed by atoms with Gasteiger partial charge in [0.2, 0.25) is 0 Å². The van der Waals surface area contributed by atoms with E-state index in [1.807, 2.05) is 48.5 Å². The summed E-state index contributed by atoms with van der Waals surface area (Å²) in [5.41, 5.74) is 7.69. The average Bonchev–Trinajstić information content (AvgIpc) is 3.61. The Morgan fingerprint density at radius 1 is 0.532 bits per heavy atom. The van der Waals surface area contributed by atoms with E-state index in [-0.39, 0.29) is 10.8 Å². The van der Waals surface area contributed by atoms with Crippen LogP contribution in [0, 0.1) is 22.7 Å². The highest BCUT2D eigenvalue weighted by atomic mass is 16.5. The summed E-state index contributed by atoms with van der Waals surface area (Å²) < 4.78 is 6.84. The van der Waals surface area contributed by atoms with E-state index >= 15 is 0 Å². The fraction of sp³-hybridized carbons (Fsp3) is 0.400. The average molecular weight is 629 g/mol. The second-order valence-corrected chi connectivity index (χ2v) is 15.5. The van der Waals surface area contributed by atoms with Gasteiger partial charge in [-0.1, -0.05) is 91.8 Å². The quantitative estimate of drug-likeness (QED) is 0.135. The molecule has 0 aliphatic carbocycles. The Hall–Kier alpha value is -4.52. The van der Waals surface area contributed by atoms with Gasteiger partial charge in [-0.15, -0.1) is 30.0 Å². The molecule has 7 nitrogen and oxygen atoms in total. The van der Waals surface area contributed by atoms with Crippen molar-refractivity contribution in [2.45, 2.75) is 81.1 Å². The first-order valence-electron chi connectivity index (χ1n) is 16.9. The predicted molar refractivity (Wildman–Crippen MR) is 192 cm³/mol. The molecule has 2 aromatic heterocycles. The third kappa shape index (κ3) is 7.73. The Labute approximate surface area is 279 Å². The predicted octanol–water partition coefficient (Wildman–Crippen LogP) is 10.2. The minimum atomic E-state index is 0.149. The molecule has 244 valence electrons. The molecule has 6 aromatic rings. The van der Waals surface area contributed by atoms with E-state index in [9.17, 15) is 0 Å². The van der Waals surface area contributed by atoms with Crippen molar-refractivity contribution in [3.05, 3.63) is 96.1 Å². The fourth-order valence-corrected chi connectivity index (χ4v) is 7.34. The molecular weight excluding hydrogens is 580 g/mol. The van der Waals surface area contributed by atoms with Gasteiger partial charge in [0.15, 0.2) is 11.5 Å². The number of benzene rings is 4. The molecule has 0 amide bonds. The van der Waals surface area contributed by atoms with Crippen LogP contribution in [0.1, 0.15) is 79.4 Å². The van der Waals surface area contributed by atoms with E-state index in [0.29, 0.717) is 23.3 Å². The second kappa shape index (κ2) is 12.9. The zero-order valence-electron chi connectivity index (χ0n) is 29.2. The lowest BCUT2D eigenvalue weighted by Gasteiger charge is -2.27. The lowest BCUT2D eigenvalue weighted by molar-refractivity contribution is 0.285. The van der Waals surface area contributed by atoms with Gasteiger partial charge in [0.05, 0.1) is 0 Å². The lowest BCUT2D eigenvalue weighted by Crippen LogP contribution is -2.18. The van der Waals surface area contributed by atoms with Gasteiger partial charge in [-0.05, 0) is 108 Å². The van der Waals surface area contributed by atoms with E-state index in [1.165, 1.54) is 11.1 Å². The normalized spacial score (nSPS) is 12.6. The Balaban J connectivity index is 1.44. The van der Waals surface area contributed by atoms with Crippen LogP contribution in [0.15, 0.2) is 84.9 Å². The molecule has 0 spiro atoms. The maximum atomic E-state index is 6.84. The smallest absolute Gasteiger partial charge is 0.155 e. The minimum absolute atomic E-state index is 0.149. The van der Waals surface area contributed by atoms with Gasteiger partial charge >= 0.3 is 0 Å². The van der Waals surface area contributed by atoms with E-state index in [0.717, 1.165) is 59.1 Å². The van der Waals surface area contributed by atoms with Crippen LogP contribution < -0.4 is 4.74 Å². The van der Waals surface area contributed by atoms with Gasteiger partial charge in [-0.3, -0.25) is 0 Å². The van der Waals surface area contributed by atoms with Gasteiger partial charge in [0.1, 0.15) is 33.4 Å². The van der Waals surface area contributed by atoms with Crippen LogP contribution >= 0.6 is 0 Å². The summed E-state index contributed by atoms with van der Waals surface area (Å²) in [6, 6.07) is 28.7. The van der Waals surface area contributed by atoms with Crippen molar-refractivity contribution >= 4 is 22.1 Å². The van der Waals surface area contributed by atoms with Gasteiger partial charge < -0.3 is 4.74 Å². The number of nitrogens with zero attached hydrogens (tertiary/aromatic N) is 6. The molecule has 0 unspecified atom stereocenters. The summed E-state index contributed by atoms with van der Waals surface area (Å²) in [7, 11) is 0. The maximum Gasteiger partial charge on any atom is 0.155 e. The molecule has 4 aromatic carbocycles. The van der Waals surface area contributed by atoms with E-state index in [4.69, 9.17) is 25.1 Å². The van der Waals surface area contributed by atoms with Crippen molar-refractivity contribution in [3.63, 3.8) is 0 Å². The SMILES string of the molecule is CC(C)CC(C)(C)Cc1ccc(Oc2ccc(CC(C)(C)CC(C)C)cc2-n2nc3ccccc3n2)c(-n2nc3ccccc3n2)c1. The molecule has 0 saturated heterocycles. The fourth-order valence-electron chi connectivity index (χ4n) is 7.34. The Morgan fingerprint density at radius 2 is 0.872 bits per heavy atom. The van der Waals surface area contributed by atoms with Crippen molar-refractivity contribution in [1.29, 1.82) is 0 Å². The van der Waals surface area contributed by atoms with Crippen LogP contribution in [0.4, 0.5) is 0 Å². The van der Waals surface area contributed by atoms with Crippen molar-refractivity contribution in [3.8, 4) is 22.9 Å². The second-order valence-electron chi connectivity index (χ2n) is 15.5. The first-order chi connectivity index (χ1) is 22.3. The van der Waals surface area contributed by atoms with Crippen molar-refractivity contribution in [2.75, 3.05) is 0 Å². The topological polar surface area (TPSA) is 70.7 Å². The Morgan fingerprint density at radius 3 is 1.19 bits per heavy atom. The van der Waals surface area contributed by atoms with E-state index in [1.54, 1.807) is 9.59 Å². The highest BCUT2D eigenvalue weighted by Crippen LogP contribution is 2.37. The van der Waals surface area contributed by atoms with Gasteiger partial charge in [0.25, 0.3) is 0 Å². The summed E-state index contributed by atoms with van der Waals surface area (Å²) in [6.07, 6.45) is 4.16. The molecule has 0 fully saturated rings. The summed E-state index contributed by atoms with van der Waals surface area (Å²) in [5, 5.41) is 19.4. The highest BCUT2D eigenvalue weighted by molar-refractivity contribution is 5.74. The Kier molecular flexibility index (Phi) is 8.93. The lowest BCUT2D eigenvalue weighted by atomic mass is 9.79. The number of hydrogen-bond acceptors (Lipinski definition) is 5. The molecule has 6 rings (SSSR count). The molecule has 0 radical (unpaired) electrons. The minimum Gasteiger partial charge on any atom is -0.453 e. The molecule has 0 N–H and O–H groups in total. The number of hydrogen-bond donors (Lipinski definition) is 0. The third-order valence-electron chi connectivity index (χ3n) is 8.56. The molecule has 2 heterocycles. The zero-order chi connectivity index (χ0) is 33.3. The van der Waals surface area contributed by atoms with Gasteiger partial charge in [0, 0.05) is 0 Å². The molecule has 0 atom stereocenters. The summed E-state index contributed by atoms with van der Waals surface area (Å²) in [6.45, 7) is 18.5. The molecule has 0 aliphatic rings. The van der Waals surface area contributed by atoms with Crippen LogP contribution in [-0.2, 0) is 12.8 Å². The van der Waals surface area contributed by atoms with Crippen LogP contribution in [0.25, 0.3) is 33.4 Å². The number of fused-ring (bicyclic) bond motifs is 2. The van der Waals surface area contributed by atoms with Crippen molar-refractivity contribution in [2.24, 2.45) is 22.7 Å². The molecular formula is C40H48N6O. The molecule has 0 aliphatic heterocycles. The number of aromatic nitrogens is 6. The number of rotatable bonds is 12. The van der Waals surface area contributed by atoms with Crippen molar-refractivity contribution < 1.29 is 4.74 Å². The first kappa shape index (κ1) is 32.4. The first-order valence-corrected chi connectivity index (χ1v) is 16.9. The van der Waals surface area contributed by atoms with Crippen LogP contribution in [0.2, 0.25) is 0 Å². The molecule has 0 saturated carbocycles. The van der Waals surface area contributed by atoms with Crippen LogP contribution in [0.5, 0.6) is 11.5 Å². The summed E-state index contributed by atoms with van der Waals surface area (Å²) in [5.74, 6) is 2.58. The van der Waals surface area contributed by atoms with Crippen molar-refractivity contribution in [1.82, 2.24) is 30.0 Å². The van der Waals surface area contributed by atoms with E-state index in [2.05, 4.69) is 91.8 Å². The Bertz CT molecular complexity index is 1790. The largest absolute Gasteiger partial charge is 0.453 e. The molecule has 47 heavy (non-hydrogen) atoms. The third-order valence-corrected chi connectivity index (χ3v) is 8.56. The van der Waals surface area contributed by atoms with Gasteiger partial charge in [-0.25, -0.2) is 0 Å². The zero-order valence-corrected chi connectivity index (χ0v) is 29.2. The highest BCUT2D eigenvalue weighted by Gasteiger charge is 2.24. The summed E-state index contributed by atoms with van der Waals surface area (Å²) in [4.78, 5) is 3.42. The molecule has 7 heteroatoms.